The lowest BCUT2D eigenvalue weighted by Crippen LogP contribution is -2.40. The van der Waals surface area contributed by atoms with Crippen LogP contribution in [0.1, 0.15) is 42.3 Å². The molecular formula is C20H26ClN3O2S. The van der Waals surface area contributed by atoms with E-state index in [4.69, 9.17) is 11.6 Å². The number of nitrogens with zero attached hydrogens (tertiary/aromatic N) is 1. The van der Waals surface area contributed by atoms with Crippen LogP contribution in [0.3, 0.4) is 0 Å². The van der Waals surface area contributed by atoms with E-state index in [1.54, 1.807) is 0 Å². The van der Waals surface area contributed by atoms with Crippen molar-refractivity contribution in [3.8, 4) is 0 Å². The van der Waals surface area contributed by atoms with Crippen LogP contribution >= 0.6 is 22.9 Å². The van der Waals surface area contributed by atoms with Gasteiger partial charge in [0.05, 0.1) is 11.6 Å². The number of amides is 2. The predicted octanol–water partition coefficient (Wildman–Crippen LogP) is 3.67. The first-order chi connectivity index (χ1) is 13.1. The molecule has 0 spiro atoms. The normalized spacial score (nSPS) is 17.8. The van der Waals surface area contributed by atoms with Gasteiger partial charge < -0.3 is 15.5 Å². The Morgan fingerprint density at radius 1 is 1.26 bits per heavy atom. The van der Waals surface area contributed by atoms with Gasteiger partial charge >= 0.3 is 0 Å². The van der Waals surface area contributed by atoms with Crippen LogP contribution in [-0.4, -0.2) is 48.9 Å². The summed E-state index contributed by atoms with van der Waals surface area (Å²) in [6.45, 7) is 5.02. The van der Waals surface area contributed by atoms with E-state index < -0.39 is 0 Å². The van der Waals surface area contributed by atoms with Crippen molar-refractivity contribution < 1.29 is 9.59 Å². The average Bonchev–Trinajstić information content (AvgIpc) is 3.02. The van der Waals surface area contributed by atoms with Gasteiger partial charge in [0, 0.05) is 29.2 Å². The molecule has 2 heterocycles. The largest absolute Gasteiger partial charge is 0.355 e. The Labute approximate surface area is 169 Å². The Morgan fingerprint density at radius 2 is 2.07 bits per heavy atom. The van der Waals surface area contributed by atoms with Gasteiger partial charge in [-0.1, -0.05) is 36.2 Å². The quantitative estimate of drug-likeness (QED) is 0.688. The summed E-state index contributed by atoms with van der Waals surface area (Å²) in [5.41, 5.74) is 0. The van der Waals surface area contributed by atoms with Crippen molar-refractivity contribution in [2.75, 3.05) is 26.2 Å². The highest BCUT2D eigenvalue weighted by molar-refractivity contribution is 7.21. The van der Waals surface area contributed by atoms with Crippen LogP contribution in [0, 0.1) is 0 Å². The minimum Gasteiger partial charge on any atom is -0.355 e. The molecule has 1 aliphatic rings. The number of hydrogen-bond donors (Lipinski definition) is 2. The molecule has 1 aromatic carbocycles. The summed E-state index contributed by atoms with van der Waals surface area (Å²) in [6.07, 6.45) is 4.77. The summed E-state index contributed by atoms with van der Waals surface area (Å²) in [4.78, 5) is 27.3. The first-order valence-electron chi connectivity index (χ1n) is 9.52. The third-order valence-electron chi connectivity index (χ3n) is 5.04. The van der Waals surface area contributed by atoms with Crippen molar-refractivity contribution in [1.29, 1.82) is 0 Å². The van der Waals surface area contributed by atoms with E-state index in [-0.39, 0.29) is 18.4 Å². The predicted molar refractivity (Wildman–Crippen MR) is 112 cm³/mol. The lowest BCUT2D eigenvalue weighted by Gasteiger charge is -2.33. The smallest absolute Gasteiger partial charge is 0.263 e. The highest BCUT2D eigenvalue weighted by Gasteiger charge is 2.18. The van der Waals surface area contributed by atoms with Gasteiger partial charge in [0.15, 0.2) is 0 Å². The zero-order valence-corrected chi connectivity index (χ0v) is 17.2. The molecule has 1 aliphatic heterocycles. The molecule has 0 unspecified atom stereocenters. The molecule has 2 amide bonds. The zero-order valence-electron chi connectivity index (χ0n) is 15.6. The van der Waals surface area contributed by atoms with Gasteiger partial charge in [0.25, 0.3) is 5.91 Å². The van der Waals surface area contributed by atoms with Gasteiger partial charge in [-0.15, -0.1) is 11.3 Å². The maximum atomic E-state index is 12.3. The fraction of sp³-hybridized carbons (Fsp3) is 0.500. The molecule has 2 aromatic rings. The Kier molecular flexibility index (Phi) is 7.10. The molecule has 1 atom stereocenters. The number of halogens is 1. The van der Waals surface area contributed by atoms with Gasteiger partial charge in [-0.3, -0.25) is 9.59 Å². The number of benzene rings is 1. The maximum absolute atomic E-state index is 12.3. The van der Waals surface area contributed by atoms with Crippen molar-refractivity contribution in [2.45, 2.75) is 38.6 Å². The van der Waals surface area contributed by atoms with Crippen molar-refractivity contribution in [3.63, 3.8) is 0 Å². The molecule has 0 bridgehead atoms. The first kappa shape index (κ1) is 20.1. The molecule has 1 fully saturated rings. The van der Waals surface area contributed by atoms with E-state index in [1.165, 1.54) is 30.6 Å². The first-order valence-corrected chi connectivity index (χ1v) is 10.7. The van der Waals surface area contributed by atoms with Gasteiger partial charge in [0.2, 0.25) is 5.91 Å². The minimum absolute atomic E-state index is 0.0382. The van der Waals surface area contributed by atoms with Crippen LogP contribution in [0.2, 0.25) is 5.02 Å². The van der Waals surface area contributed by atoms with Crippen LogP contribution in [0.15, 0.2) is 24.3 Å². The van der Waals surface area contributed by atoms with E-state index >= 15 is 0 Å². The molecule has 7 heteroatoms. The number of carbonyl (C=O) groups is 2. The summed E-state index contributed by atoms with van der Waals surface area (Å²) in [6, 6.07) is 8.26. The summed E-state index contributed by atoms with van der Waals surface area (Å²) in [5, 5.41) is 6.85. The summed E-state index contributed by atoms with van der Waals surface area (Å²) < 4.78 is 0.962. The molecule has 3 rings (SSSR count). The van der Waals surface area contributed by atoms with Gasteiger partial charge in [-0.05, 0) is 38.8 Å². The maximum Gasteiger partial charge on any atom is 0.263 e. The minimum atomic E-state index is -0.307. The second-order valence-electron chi connectivity index (χ2n) is 7.01. The second kappa shape index (κ2) is 9.53. The van der Waals surface area contributed by atoms with E-state index in [0.29, 0.717) is 22.5 Å². The Bertz CT molecular complexity index is 808. The number of nitrogens with one attached hydrogen (secondary N) is 2. The molecule has 1 aromatic heterocycles. The van der Waals surface area contributed by atoms with Crippen molar-refractivity contribution in [1.82, 2.24) is 15.5 Å². The number of hydrogen-bond acceptors (Lipinski definition) is 4. The van der Waals surface area contributed by atoms with E-state index in [0.717, 1.165) is 29.6 Å². The van der Waals surface area contributed by atoms with Crippen molar-refractivity contribution >= 4 is 44.8 Å². The Morgan fingerprint density at radius 3 is 2.85 bits per heavy atom. The SMILES string of the molecule is C[C@@H]1CCCCN1CCCNC(=O)CNC(=O)c1sc2ccccc2c1Cl. The Balaban J connectivity index is 1.39. The third kappa shape index (κ3) is 5.21. The van der Waals surface area contributed by atoms with E-state index in [2.05, 4.69) is 22.5 Å². The summed E-state index contributed by atoms with van der Waals surface area (Å²) in [5.74, 6) is -0.481. The van der Waals surface area contributed by atoms with Crippen LogP contribution < -0.4 is 10.6 Å². The van der Waals surface area contributed by atoms with Crippen LogP contribution in [0.25, 0.3) is 10.1 Å². The number of fused-ring (bicyclic) bond motifs is 1. The average molecular weight is 408 g/mol. The Hall–Kier alpha value is -1.63. The lowest BCUT2D eigenvalue weighted by atomic mass is 10.0. The molecule has 1 saturated heterocycles. The number of carbonyl (C=O) groups excluding carboxylic acids is 2. The number of piperidine rings is 1. The van der Waals surface area contributed by atoms with Gasteiger partial charge in [-0.25, -0.2) is 0 Å². The number of thiophene rings is 1. The monoisotopic (exact) mass is 407 g/mol. The molecule has 0 aliphatic carbocycles. The fourth-order valence-electron chi connectivity index (χ4n) is 3.46. The standard InChI is InChI=1S/C20H26ClN3O2S/c1-14-7-4-5-11-24(14)12-6-10-22-17(25)13-23-20(26)19-18(21)15-8-2-3-9-16(15)27-19/h2-3,8-9,14H,4-7,10-13H2,1H3,(H,22,25)(H,23,26)/t14-/m1/s1. The van der Waals surface area contributed by atoms with Gasteiger partial charge in [0.1, 0.15) is 4.88 Å². The summed E-state index contributed by atoms with van der Waals surface area (Å²) >= 11 is 7.64. The van der Waals surface area contributed by atoms with Crippen LogP contribution in [-0.2, 0) is 4.79 Å². The molecular weight excluding hydrogens is 382 g/mol. The van der Waals surface area contributed by atoms with E-state index in [9.17, 15) is 9.59 Å². The fourth-order valence-corrected chi connectivity index (χ4v) is 4.90. The van der Waals surface area contributed by atoms with Crippen LogP contribution in [0.5, 0.6) is 0 Å². The molecule has 0 radical (unpaired) electrons. The topological polar surface area (TPSA) is 61.4 Å². The highest BCUT2D eigenvalue weighted by atomic mass is 35.5. The van der Waals surface area contributed by atoms with Crippen molar-refractivity contribution in [2.24, 2.45) is 0 Å². The highest BCUT2D eigenvalue weighted by Crippen LogP contribution is 2.34. The molecule has 146 valence electrons. The summed E-state index contributed by atoms with van der Waals surface area (Å²) in [7, 11) is 0. The third-order valence-corrected chi connectivity index (χ3v) is 6.71. The molecule has 2 N–H and O–H groups in total. The number of rotatable bonds is 7. The molecule has 5 nitrogen and oxygen atoms in total. The number of likely N-dealkylation sites (tertiary alicyclic amines) is 1. The molecule has 27 heavy (non-hydrogen) atoms. The zero-order chi connectivity index (χ0) is 19.2. The van der Waals surface area contributed by atoms with Crippen LogP contribution in [0.4, 0.5) is 0 Å². The molecule has 0 saturated carbocycles. The van der Waals surface area contributed by atoms with Crippen molar-refractivity contribution in [3.05, 3.63) is 34.2 Å². The van der Waals surface area contributed by atoms with Gasteiger partial charge in [-0.2, -0.15) is 0 Å². The second-order valence-corrected chi connectivity index (χ2v) is 8.44. The lowest BCUT2D eigenvalue weighted by molar-refractivity contribution is -0.120. The van der Waals surface area contributed by atoms with E-state index in [1.807, 2.05) is 24.3 Å².